The van der Waals surface area contributed by atoms with Gasteiger partial charge in [-0.25, -0.2) is 4.79 Å². The highest BCUT2D eigenvalue weighted by Gasteiger charge is 2.29. The van der Waals surface area contributed by atoms with Crippen molar-refractivity contribution >= 4 is 22.3 Å². The minimum atomic E-state index is -0.315. The number of esters is 1. The van der Waals surface area contributed by atoms with Crippen LogP contribution < -0.4 is 0 Å². The van der Waals surface area contributed by atoms with Crippen LogP contribution in [0.25, 0.3) is 27.5 Å². The zero-order chi connectivity index (χ0) is 22.3. The van der Waals surface area contributed by atoms with Gasteiger partial charge in [-0.15, -0.1) is 0 Å². The van der Waals surface area contributed by atoms with Crippen molar-refractivity contribution in [2.45, 2.75) is 25.7 Å². The van der Waals surface area contributed by atoms with Gasteiger partial charge in [-0.1, -0.05) is 74.5 Å². The van der Waals surface area contributed by atoms with Gasteiger partial charge in [-0.2, -0.15) is 0 Å². The van der Waals surface area contributed by atoms with Crippen LogP contribution in [-0.4, -0.2) is 13.1 Å². The van der Waals surface area contributed by atoms with Crippen LogP contribution in [0.2, 0.25) is 0 Å². The largest absolute Gasteiger partial charge is 0.465 e. The summed E-state index contributed by atoms with van der Waals surface area (Å²) in [6.45, 7) is 4.65. The smallest absolute Gasteiger partial charge is 0.337 e. The number of fused-ring (bicyclic) bond motifs is 2. The molecule has 0 aromatic heterocycles. The molecular weight excluding hydrogens is 392 g/mol. The molecule has 5 rings (SSSR count). The highest BCUT2D eigenvalue weighted by Crippen LogP contribution is 2.43. The number of hydrogen-bond acceptors (Lipinski definition) is 2. The second kappa shape index (κ2) is 7.80. The third-order valence-corrected chi connectivity index (χ3v) is 6.54. The van der Waals surface area contributed by atoms with Crippen LogP contribution in [-0.2, 0) is 10.2 Å². The normalized spacial score (nSPS) is 14.5. The zero-order valence-corrected chi connectivity index (χ0v) is 18.7. The molecule has 158 valence electrons. The van der Waals surface area contributed by atoms with Crippen molar-refractivity contribution in [3.63, 3.8) is 0 Å². The Morgan fingerprint density at radius 2 is 1.50 bits per heavy atom. The summed E-state index contributed by atoms with van der Waals surface area (Å²) in [6, 6.07) is 29.6. The first-order valence-corrected chi connectivity index (χ1v) is 11.0. The van der Waals surface area contributed by atoms with Gasteiger partial charge in [0, 0.05) is 0 Å². The third kappa shape index (κ3) is 3.52. The van der Waals surface area contributed by atoms with Gasteiger partial charge >= 0.3 is 5.97 Å². The number of hydrogen-bond donors (Lipinski definition) is 0. The minimum absolute atomic E-state index is 0.101. The lowest BCUT2D eigenvalue weighted by Crippen LogP contribution is -2.21. The average Bonchev–Trinajstić information content (AvgIpc) is 2.83. The van der Waals surface area contributed by atoms with Gasteiger partial charge in [-0.3, -0.25) is 0 Å². The van der Waals surface area contributed by atoms with Gasteiger partial charge in [0.25, 0.3) is 0 Å². The van der Waals surface area contributed by atoms with Crippen LogP contribution in [0.5, 0.6) is 0 Å². The predicted octanol–water partition coefficient (Wildman–Crippen LogP) is 7.41. The van der Waals surface area contributed by atoms with E-state index in [1.54, 1.807) is 0 Å². The summed E-state index contributed by atoms with van der Waals surface area (Å²) in [7, 11) is 1.40. The van der Waals surface area contributed by atoms with E-state index >= 15 is 0 Å². The summed E-state index contributed by atoms with van der Waals surface area (Å²) in [5.41, 5.74) is 8.17. The summed E-state index contributed by atoms with van der Waals surface area (Å²) in [6.07, 6.45) is 3.42. The molecule has 0 saturated carbocycles. The maximum absolute atomic E-state index is 11.7. The first-order valence-electron chi connectivity index (χ1n) is 11.0. The number of allylic oxidation sites excluding steroid dienone is 1. The molecule has 0 heterocycles. The van der Waals surface area contributed by atoms with E-state index in [-0.39, 0.29) is 11.4 Å². The zero-order valence-electron chi connectivity index (χ0n) is 18.7. The van der Waals surface area contributed by atoms with Crippen LogP contribution in [0.15, 0.2) is 91.0 Å². The second-order valence-corrected chi connectivity index (χ2v) is 9.10. The molecular formula is C30H26O2. The van der Waals surface area contributed by atoms with Crippen molar-refractivity contribution in [3.05, 3.63) is 113 Å². The molecule has 0 spiro atoms. The Kier molecular flexibility index (Phi) is 4.94. The monoisotopic (exact) mass is 418 g/mol. The third-order valence-electron chi connectivity index (χ3n) is 6.54. The molecule has 2 heteroatoms. The average molecular weight is 419 g/mol. The molecule has 1 aliphatic rings. The molecule has 4 aromatic rings. The predicted molar refractivity (Wildman–Crippen MR) is 132 cm³/mol. The molecule has 0 saturated heterocycles. The van der Waals surface area contributed by atoms with Crippen molar-refractivity contribution in [3.8, 4) is 11.1 Å². The Morgan fingerprint density at radius 3 is 2.22 bits per heavy atom. The lowest BCUT2D eigenvalue weighted by atomic mass is 9.71. The molecule has 0 radical (unpaired) electrons. The van der Waals surface area contributed by atoms with E-state index in [0.717, 1.165) is 17.5 Å². The molecule has 0 atom stereocenters. The molecule has 0 N–H and O–H groups in total. The van der Waals surface area contributed by atoms with Gasteiger partial charge in [0.05, 0.1) is 12.7 Å². The number of carbonyl (C=O) groups is 1. The number of carbonyl (C=O) groups excluding carboxylic acids is 1. The first kappa shape index (κ1) is 20.3. The highest BCUT2D eigenvalue weighted by atomic mass is 16.5. The number of rotatable bonds is 3. The fourth-order valence-electron chi connectivity index (χ4n) is 4.64. The molecule has 0 bridgehead atoms. The van der Waals surface area contributed by atoms with Crippen LogP contribution in [0.1, 0.15) is 47.3 Å². The van der Waals surface area contributed by atoms with Crippen molar-refractivity contribution in [2.24, 2.45) is 0 Å². The summed E-state index contributed by atoms with van der Waals surface area (Å²) in [5, 5.41) is 2.47. The van der Waals surface area contributed by atoms with Gasteiger partial charge in [0.2, 0.25) is 0 Å². The second-order valence-electron chi connectivity index (χ2n) is 9.10. The minimum Gasteiger partial charge on any atom is -0.465 e. The van der Waals surface area contributed by atoms with Gasteiger partial charge in [0.1, 0.15) is 0 Å². The molecule has 32 heavy (non-hydrogen) atoms. The maximum atomic E-state index is 11.7. The molecule has 1 aliphatic carbocycles. The SMILES string of the molecule is COC(=O)c1ccc(-c2ccc3cc4c(cc3c2)C(c2ccccc2)=CCC4(C)C)cc1. The van der Waals surface area contributed by atoms with E-state index in [4.69, 9.17) is 4.74 Å². The van der Waals surface area contributed by atoms with Crippen molar-refractivity contribution in [2.75, 3.05) is 7.11 Å². The van der Waals surface area contributed by atoms with E-state index < -0.39 is 0 Å². The Hall–Kier alpha value is -3.65. The Bertz CT molecular complexity index is 1340. The summed E-state index contributed by atoms with van der Waals surface area (Å²) < 4.78 is 4.81. The van der Waals surface area contributed by atoms with E-state index in [1.807, 2.05) is 24.3 Å². The van der Waals surface area contributed by atoms with Gasteiger partial charge in [-0.05, 0) is 86.3 Å². The van der Waals surface area contributed by atoms with Crippen molar-refractivity contribution in [1.82, 2.24) is 0 Å². The fourth-order valence-corrected chi connectivity index (χ4v) is 4.64. The Balaban J connectivity index is 1.62. The number of methoxy groups -OCH3 is 1. The summed E-state index contributed by atoms with van der Waals surface area (Å²) in [5.74, 6) is -0.315. The first-order chi connectivity index (χ1) is 15.5. The van der Waals surface area contributed by atoms with Crippen molar-refractivity contribution < 1.29 is 9.53 Å². The molecule has 0 fully saturated rings. The Labute approximate surface area is 189 Å². The quantitative estimate of drug-likeness (QED) is 0.324. The fraction of sp³-hybridized carbons (Fsp3) is 0.167. The van der Waals surface area contributed by atoms with Gasteiger partial charge in [0.15, 0.2) is 0 Å². The standard InChI is InChI=1S/C30H26O2/c1-30(2)16-15-26(21-7-5-4-6-8-21)27-18-25-17-23(13-14-24(25)19-28(27)30)20-9-11-22(12-10-20)29(31)32-3/h4-15,17-19H,16H2,1-3H3. The number of ether oxygens (including phenoxy) is 1. The van der Waals surface area contributed by atoms with E-state index in [0.29, 0.717) is 5.56 Å². The van der Waals surface area contributed by atoms with Crippen LogP contribution in [0, 0.1) is 0 Å². The van der Waals surface area contributed by atoms with Crippen LogP contribution in [0.4, 0.5) is 0 Å². The molecule has 0 aliphatic heterocycles. The highest BCUT2D eigenvalue weighted by molar-refractivity contribution is 5.95. The summed E-state index contributed by atoms with van der Waals surface area (Å²) in [4.78, 5) is 11.7. The lowest BCUT2D eigenvalue weighted by Gasteiger charge is -2.33. The Morgan fingerprint density at radius 1 is 0.781 bits per heavy atom. The molecule has 4 aromatic carbocycles. The number of benzene rings is 4. The van der Waals surface area contributed by atoms with Crippen LogP contribution in [0.3, 0.4) is 0 Å². The molecule has 0 amide bonds. The van der Waals surface area contributed by atoms with E-state index in [1.165, 1.54) is 40.1 Å². The lowest BCUT2D eigenvalue weighted by molar-refractivity contribution is 0.0601. The maximum Gasteiger partial charge on any atom is 0.337 e. The van der Waals surface area contributed by atoms with Crippen molar-refractivity contribution in [1.29, 1.82) is 0 Å². The molecule has 2 nitrogen and oxygen atoms in total. The van der Waals surface area contributed by atoms with E-state index in [9.17, 15) is 4.79 Å². The topological polar surface area (TPSA) is 26.3 Å². The van der Waals surface area contributed by atoms with E-state index in [2.05, 4.69) is 80.6 Å². The molecule has 0 unspecified atom stereocenters. The summed E-state index contributed by atoms with van der Waals surface area (Å²) >= 11 is 0. The van der Waals surface area contributed by atoms with Crippen LogP contribution >= 0.6 is 0 Å². The van der Waals surface area contributed by atoms with Gasteiger partial charge < -0.3 is 4.74 Å².